The van der Waals surface area contributed by atoms with Crippen molar-refractivity contribution in [3.8, 4) is 5.75 Å². The van der Waals surface area contributed by atoms with E-state index in [0.29, 0.717) is 24.4 Å². The summed E-state index contributed by atoms with van der Waals surface area (Å²) in [6.07, 6.45) is 1.07. The third-order valence-corrected chi connectivity index (χ3v) is 8.57. The van der Waals surface area contributed by atoms with Crippen LogP contribution in [0.25, 0.3) is 21.8 Å². The highest BCUT2D eigenvalue weighted by atomic mass is 32.2. The standard InChI is InChI=1S/C37H35N3O5S/c1-46(42,43)40(45-27-29-12-6-3-7-13-29)31-18-16-30(17-19-31)37(41)25-38-22-23-44-32-20-21-34-33-14-8-9-15-35(33)39(36(34)24-32)26-28-10-4-2-5-11-28/h2-21,24,38H,22-23,25-27H2,1H3. The monoisotopic (exact) mass is 633 g/mol. The smallest absolute Gasteiger partial charge is 0.254 e. The Bertz CT molecular complexity index is 2040. The number of ketones is 1. The molecule has 0 spiro atoms. The fraction of sp³-hybridized carbons (Fsp3) is 0.162. The number of Topliss-reactive ketones (excluding diaryl/α,β-unsaturated/α-hetero) is 1. The van der Waals surface area contributed by atoms with Gasteiger partial charge in [-0.1, -0.05) is 78.9 Å². The summed E-state index contributed by atoms with van der Waals surface area (Å²) in [5.74, 6) is 0.646. The van der Waals surface area contributed by atoms with Crippen LogP contribution in [-0.2, 0) is 28.0 Å². The van der Waals surface area contributed by atoms with Gasteiger partial charge in [0, 0.05) is 41.0 Å². The van der Waals surface area contributed by atoms with Gasteiger partial charge in [0.25, 0.3) is 10.0 Å². The Morgan fingerprint density at radius 2 is 1.41 bits per heavy atom. The first kappa shape index (κ1) is 31.0. The van der Waals surface area contributed by atoms with Gasteiger partial charge in [-0.05, 0) is 53.6 Å². The van der Waals surface area contributed by atoms with Crippen LogP contribution in [0.5, 0.6) is 5.75 Å². The second-order valence-electron chi connectivity index (χ2n) is 11.0. The van der Waals surface area contributed by atoms with Crippen molar-refractivity contribution in [1.82, 2.24) is 9.88 Å². The van der Waals surface area contributed by atoms with Crippen LogP contribution in [0.15, 0.2) is 127 Å². The molecule has 6 rings (SSSR count). The van der Waals surface area contributed by atoms with Crippen LogP contribution in [0.2, 0.25) is 0 Å². The molecule has 1 heterocycles. The molecule has 6 aromatic rings. The van der Waals surface area contributed by atoms with Gasteiger partial charge in [0.1, 0.15) is 19.0 Å². The molecule has 8 nitrogen and oxygen atoms in total. The molecule has 0 saturated carbocycles. The maximum Gasteiger partial charge on any atom is 0.254 e. The maximum atomic E-state index is 12.8. The summed E-state index contributed by atoms with van der Waals surface area (Å²) in [6, 6.07) is 40.6. The summed E-state index contributed by atoms with van der Waals surface area (Å²) in [4.78, 5) is 18.4. The molecule has 0 radical (unpaired) electrons. The average molecular weight is 634 g/mol. The van der Waals surface area contributed by atoms with Crippen molar-refractivity contribution in [2.75, 3.05) is 30.4 Å². The van der Waals surface area contributed by atoms with E-state index in [9.17, 15) is 13.2 Å². The van der Waals surface area contributed by atoms with Crippen molar-refractivity contribution in [2.24, 2.45) is 0 Å². The van der Waals surface area contributed by atoms with Crippen molar-refractivity contribution in [3.05, 3.63) is 144 Å². The zero-order valence-electron chi connectivity index (χ0n) is 25.5. The molecule has 234 valence electrons. The Balaban J connectivity index is 1.04. The number of sulfonamides is 1. The SMILES string of the molecule is CS(=O)(=O)N(OCc1ccccc1)c1ccc(C(=O)CNCCOc2ccc3c4ccccc4n(Cc4ccccc4)c3c2)cc1. The number of ether oxygens (including phenoxy) is 1. The van der Waals surface area contributed by atoms with Crippen molar-refractivity contribution in [1.29, 1.82) is 0 Å². The predicted molar refractivity (Wildman–Crippen MR) is 183 cm³/mol. The summed E-state index contributed by atoms with van der Waals surface area (Å²) in [7, 11) is -3.70. The minimum absolute atomic E-state index is 0.0889. The summed E-state index contributed by atoms with van der Waals surface area (Å²) in [5.41, 5.74) is 5.12. The maximum absolute atomic E-state index is 12.8. The van der Waals surface area contributed by atoms with Crippen LogP contribution in [0.1, 0.15) is 21.5 Å². The second kappa shape index (κ2) is 14.0. The molecule has 0 unspecified atom stereocenters. The van der Waals surface area contributed by atoms with E-state index in [0.717, 1.165) is 34.1 Å². The van der Waals surface area contributed by atoms with E-state index in [4.69, 9.17) is 9.57 Å². The first-order valence-corrected chi connectivity index (χ1v) is 16.9. The van der Waals surface area contributed by atoms with Gasteiger partial charge < -0.3 is 14.6 Å². The van der Waals surface area contributed by atoms with E-state index < -0.39 is 10.0 Å². The third-order valence-electron chi connectivity index (χ3n) is 7.65. The Morgan fingerprint density at radius 3 is 2.13 bits per heavy atom. The molecule has 1 N–H and O–H groups in total. The number of aromatic nitrogens is 1. The molecule has 0 atom stereocenters. The molecule has 0 fully saturated rings. The lowest BCUT2D eigenvalue weighted by Gasteiger charge is -2.21. The fourth-order valence-electron chi connectivity index (χ4n) is 5.44. The van der Waals surface area contributed by atoms with Gasteiger partial charge in [-0.25, -0.2) is 8.42 Å². The summed E-state index contributed by atoms with van der Waals surface area (Å²) >= 11 is 0. The van der Waals surface area contributed by atoms with E-state index in [-0.39, 0.29) is 18.9 Å². The lowest BCUT2D eigenvalue weighted by molar-refractivity contribution is 0.0990. The normalized spacial score (nSPS) is 11.6. The van der Waals surface area contributed by atoms with E-state index in [2.05, 4.69) is 70.5 Å². The first-order valence-electron chi connectivity index (χ1n) is 15.1. The lowest BCUT2D eigenvalue weighted by Crippen LogP contribution is -2.30. The van der Waals surface area contributed by atoms with Gasteiger partial charge in [0.2, 0.25) is 0 Å². The van der Waals surface area contributed by atoms with Crippen molar-refractivity contribution in [3.63, 3.8) is 0 Å². The fourth-order valence-corrected chi connectivity index (χ4v) is 6.19. The molecule has 0 amide bonds. The molecule has 0 aliphatic carbocycles. The summed E-state index contributed by atoms with van der Waals surface area (Å²) in [6.45, 7) is 1.83. The number of para-hydroxylation sites is 1. The molecule has 9 heteroatoms. The molecule has 46 heavy (non-hydrogen) atoms. The number of carbonyl (C=O) groups is 1. The molecule has 1 aromatic heterocycles. The van der Waals surface area contributed by atoms with E-state index in [1.807, 2.05) is 42.5 Å². The Kier molecular flexibility index (Phi) is 9.44. The van der Waals surface area contributed by atoms with Crippen molar-refractivity contribution >= 4 is 43.3 Å². The zero-order chi connectivity index (χ0) is 31.9. The molecule has 5 aromatic carbocycles. The van der Waals surface area contributed by atoms with Crippen LogP contribution >= 0.6 is 0 Å². The van der Waals surface area contributed by atoms with E-state index in [1.165, 1.54) is 21.9 Å². The molecular formula is C37H35N3O5S. The average Bonchev–Trinajstić information content (AvgIpc) is 3.37. The highest BCUT2D eigenvalue weighted by Gasteiger charge is 2.19. The largest absolute Gasteiger partial charge is 0.492 e. The highest BCUT2D eigenvalue weighted by molar-refractivity contribution is 7.91. The minimum atomic E-state index is -3.70. The van der Waals surface area contributed by atoms with Crippen molar-refractivity contribution in [2.45, 2.75) is 13.2 Å². The van der Waals surface area contributed by atoms with Gasteiger partial charge in [0.15, 0.2) is 5.78 Å². The predicted octanol–water partition coefficient (Wildman–Crippen LogP) is 6.59. The number of nitrogens with zero attached hydrogens (tertiary/aromatic N) is 2. The van der Waals surface area contributed by atoms with E-state index in [1.54, 1.807) is 24.3 Å². The van der Waals surface area contributed by atoms with Crippen LogP contribution in [0.4, 0.5) is 5.69 Å². The molecule has 0 bridgehead atoms. The van der Waals surface area contributed by atoms with Gasteiger partial charge in [0.05, 0.1) is 24.0 Å². The van der Waals surface area contributed by atoms with E-state index >= 15 is 0 Å². The molecule has 0 aliphatic heterocycles. The quantitative estimate of drug-likeness (QED) is 0.0827. The highest BCUT2D eigenvalue weighted by Crippen LogP contribution is 2.32. The van der Waals surface area contributed by atoms with Gasteiger partial charge >= 0.3 is 0 Å². The molecular weight excluding hydrogens is 598 g/mol. The number of hydrogen-bond acceptors (Lipinski definition) is 6. The van der Waals surface area contributed by atoms with Gasteiger partial charge in [-0.3, -0.25) is 9.63 Å². The number of hydrogen-bond donors (Lipinski definition) is 1. The third kappa shape index (κ3) is 7.29. The number of anilines is 1. The minimum Gasteiger partial charge on any atom is -0.492 e. The number of nitrogens with one attached hydrogen (secondary N) is 1. The summed E-state index contributed by atoms with van der Waals surface area (Å²) in [5, 5.41) is 5.53. The van der Waals surface area contributed by atoms with Gasteiger partial charge in [-0.15, -0.1) is 4.47 Å². The Hall–Kier alpha value is -4.96. The number of carbonyl (C=O) groups excluding carboxylic acids is 1. The van der Waals surface area contributed by atoms with Crippen LogP contribution < -0.4 is 14.5 Å². The number of benzene rings is 5. The van der Waals surface area contributed by atoms with Crippen molar-refractivity contribution < 1.29 is 22.8 Å². The number of rotatable bonds is 14. The van der Waals surface area contributed by atoms with Crippen LogP contribution in [0.3, 0.4) is 0 Å². The van der Waals surface area contributed by atoms with Crippen LogP contribution in [0, 0.1) is 0 Å². The summed E-state index contributed by atoms with van der Waals surface area (Å²) < 4.78 is 34.0. The Labute approximate surface area is 268 Å². The molecule has 0 saturated heterocycles. The van der Waals surface area contributed by atoms with Gasteiger partial charge in [-0.2, -0.15) is 0 Å². The Morgan fingerprint density at radius 1 is 0.761 bits per heavy atom. The zero-order valence-corrected chi connectivity index (χ0v) is 26.3. The van der Waals surface area contributed by atoms with Crippen LogP contribution in [-0.4, -0.2) is 44.7 Å². The first-order chi connectivity index (χ1) is 22.4. The molecule has 0 aliphatic rings. The topological polar surface area (TPSA) is 89.9 Å². The lowest BCUT2D eigenvalue weighted by atomic mass is 10.1. The second-order valence-corrected chi connectivity index (χ2v) is 12.8. The number of fused-ring (bicyclic) bond motifs is 3.